The maximum Gasteiger partial charge on any atom is 0.328 e. The molecule has 7 amide bonds. The molecule has 0 rings (SSSR count). The Bertz CT molecular complexity index is 1520. The fraction of sp³-hybridized carbons (Fsp3) is 0.775. The largest absolute Gasteiger partial charge is 0.480 e. The molecule has 63 heavy (non-hydrogen) atoms. The van der Waals surface area contributed by atoms with E-state index in [0.717, 1.165) is 0 Å². The molecule has 19 N–H and O–H groups in total. The van der Waals surface area contributed by atoms with E-state index in [9.17, 15) is 48.6 Å². The summed E-state index contributed by atoms with van der Waals surface area (Å²) in [4.78, 5) is 110. The molecule has 0 aliphatic carbocycles. The number of aliphatic hydroxyl groups excluding tert-OH is 1. The van der Waals surface area contributed by atoms with Crippen LogP contribution in [0.15, 0.2) is 4.99 Å². The van der Waals surface area contributed by atoms with Gasteiger partial charge in [-0.3, -0.25) is 38.6 Å². The number of hydrogen-bond donors (Lipinski definition) is 14. The summed E-state index contributed by atoms with van der Waals surface area (Å²) in [5, 5.41) is 37.4. The predicted molar refractivity (Wildman–Crippen MR) is 237 cm³/mol. The van der Waals surface area contributed by atoms with Crippen LogP contribution < -0.4 is 65.9 Å². The molecule has 362 valence electrons. The number of guanidine groups is 1. The van der Waals surface area contributed by atoms with E-state index in [2.05, 4.69) is 42.2 Å². The Morgan fingerprint density at radius 1 is 0.492 bits per heavy atom. The Kier molecular flexibility index (Phi) is 27.6. The second-order valence-electron chi connectivity index (χ2n) is 16.7. The lowest BCUT2D eigenvalue weighted by atomic mass is 9.98. The van der Waals surface area contributed by atoms with Crippen molar-refractivity contribution in [2.24, 2.45) is 51.4 Å². The van der Waals surface area contributed by atoms with Crippen LogP contribution in [-0.4, -0.2) is 138 Å². The second-order valence-corrected chi connectivity index (χ2v) is 16.7. The molecular weight excluding hydrogens is 823 g/mol. The van der Waals surface area contributed by atoms with E-state index in [1.165, 1.54) is 13.8 Å². The van der Waals surface area contributed by atoms with E-state index in [1.54, 1.807) is 41.5 Å². The Hall–Kier alpha value is -5.13. The van der Waals surface area contributed by atoms with Gasteiger partial charge in [0.15, 0.2) is 12.0 Å². The number of carboxylic acids is 1. The quantitative estimate of drug-likeness (QED) is 0.0182. The topological polar surface area (TPSA) is 404 Å². The molecule has 0 aliphatic heterocycles. The minimum atomic E-state index is -1.68. The number of carbonyl (C=O) groups is 8. The number of hydrogen-bond acceptors (Lipinski definition) is 13. The number of carboxylic acid groups (broad SMARTS) is 1. The normalized spacial score (nSPS) is 15.6. The van der Waals surface area contributed by atoms with Crippen molar-refractivity contribution in [3.05, 3.63) is 0 Å². The summed E-state index contributed by atoms with van der Waals surface area (Å²) in [5.74, 6) is -8.32. The minimum absolute atomic E-state index is 0.0501. The van der Waals surface area contributed by atoms with Crippen molar-refractivity contribution in [2.75, 3.05) is 19.6 Å². The predicted octanol–water partition coefficient (Wildman–Crippen LogP) is -3.53. The van der Waals surface area contributed by atoms with Crippen LogP contribution in [0.4, 0.5) is 0 Å². The molecule has 0 heterocycles. The fourth-order valence-electron chi connectivity index (χ4n) is 6.11. The Morgan fingerprint density at radius 2 is 0.873 bits per heavy atom. The van der Waals surface area contributed by atoms with Crippen LogP contribution in [-0.2, 0) is 38.4 Å². The van der Waals surface area contributed by atoms with Crippen LogP contribution in [0, 0.1) is 17.8 Å². The van der Waals surface area contributed by atoms with Crippen LogP contribution in [0.1, 0.15) is 107 Å². The molecule has 0 aliphatic rings. The summed E-state index contributed by atoms with van der Waals surface area (Å²) in [6.07, 6.45) is 1.69. The molecule has 0 unspecified atom stereocenters. The first-order valence-corrected chi connectivity index (χ1v) is 21.6. The molecule has 0 fully saturated rings. The number of nitrogens with zero attached hydrogens (tertiary/aromatic N) is 1. The fourth-order valence-corrected chi connectivity index (χ4v) is 6.11. The van der Waals surface area contributed by atoms with Crippen molar-refractivity contribution < 1.29 is 48.6 Å². The lowest BCUT2D eigenvalue weighted by Gasteiger charge is -2.30. The third kappa shape index (κ3) is 22.2. The van der Waals surface area contributed by atoms with E-state index in [0.29, 0.717) is 45.2 Å². The molecule has 0 aromatic heterocycles. The number of nitrogens with one attached hydrogen (secondary N) is 7. The van der Waals surface area contributed by atoms with E-state index < -0.39 is 120 Å². The summed E-state index contributed by atoms with van der Waals surface area (Å²) in [6.45, 7) is 13.4. The first-order chi connectivity index (χ1) is 29.4. The second kappa shape index (κ2) is 30.0. The van der Waals surface area contributed by atoms with E-state index in [1.807, 2.05) is 0 Å². The highest BCUT2D eigenvalue weighted by atomic mass is 16.4. The standard InChI is InChI=1S/C40H77N13O10/c1-20(2)28(51-34(57)26(15-10-12-18-42)48-33(56)25(43)14-9-11-17-41)36(59)47-23(7)32(55)50-30(22(5)6)38(61)52-29(21(3)4)37(60)49-27(16-13-19-46-40(44)45)35(58)53-31(24(8)54)39(62)63/h20-31,54H,9-19,41-43H2,1-8H3,(H,47,59)(H,48,56)(H,49,60)(H,50,55)(H,51,57)(H,52,61)(H,53,58)(H,62,63)(H4,44,45,46)/t23-,24+,25-,26-,27-,28-,29-,30-,31-/m0/s1. The highest BCUT2D eigenvalue weighted by Crippen LogP contribution is 2.11. The SMILES string of the molecule is CC(C)[C@H](NC(=O)[C@H](C)NC(=O)[C@@H](NC(=O)[C@H](CCCCN)NC(=O)[C@@H](N)CCCCN)C(C)C)C(=O)N[C@H](C(=O)N[C@@H](CCCN=C(N)N)C(=O)N[C@H](C(=O)O)[C@@H](C)O)C(C)C. The molecule has 0 saturated carbocycles. The van der Waals surface area contributed by atoms with E-state index in [-0.39, 0.29) is 31.8 Å². The third-order valence-corrected chi connectivity index (χ3v) is 10.0. The number of carbonyl (C=O) groups excluding carboxylic acids is 7. The molecule has 23 heteroatoms. The highest BCUT2D eigenvalue weighted by molar-refractivity contribution is 5.97. The minimum Gasteiger partial charge on any atom is -0.480 e. The Morgan fingerprint density at radius 3 is 1.30 bits per heavy atom. The molecule has 0 aromatic rings. The zero-order valence-electron chi connectivity index (χ0n) is 38.2. The zero-order valence-corrected chi connectivity index (χ0v) is 38.2. The number of unbranched alkanes of at least 4 members (excludes halogenated alkanes) is 2. The van der Waals surface area contributed by atoms with Gasteiger partial charge in [-0.1, -0.05) is 48.0 Å². The molecule has 0 aromatic carbocycles. The van der Waals surface area contributed by atoms with E-state index in [4.69, 9.17) is 28.7 Å². The first kappa shape index (κ1) is 57.9. The third-order valence-electron chi connectivity index (χ3n) is 10.0. The molecular formula is C40H77N13O10. The van der Waals surface area contributed by atoms with Crippen molar-refractivity contribution in [3.8, 4) is 0 Å². The van der Waals surface area contributed by atoms with Crippen molar-refractivity contribution >= 4 is 53.3 Å². The van der Waals surface area contributed by atoms with Gasteiger partial charge in [0.2, 0.25) is 41.4 Å². The summed E-state index contributed by atoms with van der Waals surface area (Å²) in [7, 11) is 0. The number of nitrogens with two attached hydrogens (primary N) is 5. The maximum absolute atomic E-state index is 13.7. The number of aliphatic imine (C=N–C) groups is 1. The molecule has 0 radical (unpaired) electrons. The number of aliphatic hydroxyl groups is 1. The van der Waals surface area contributed by atoms with Gasteiger partial charge in [-0.2, -0.15) is 0 Å². The summed E-state index contributed by atoms with van der Waals surface area (Å²) >= 11 is 0. The summed E-state index contributed by atoms with van der Waals surface area (Å²) in [6, 6.07) is -9.70. The van der Waals surface area contributed by atoms with Crippen LogP contribution in [0.5, 0.6) is 0 Å². The average Bonchev–Trinajstić information content (AvgIpc) is 3.19. The Balaban J connectivity index is 6.03. The van der Waals surface area contributed by atoms with Gasteiger partial charge in [0, 0.05) is 6.54 Å². The van der Waals surface area contributed by atoms with Crippen LogP contribution in [0.25, 0.3) is 0 Å². The molecule has 0 bridgehead atoms. The van der Waals surface area contributed by atoms with Crippen LogP contribution in [0.3, 0.4) is 0 Å². The highest BCUT2D eigenvalue weighted by Gasteiger charge is 2.36. The molecule has 9 atom stereocenters. The lowest BCUT2D eigenvalue weighted by molar-refractivity contribution is -0.145. The molecule has 23 nitrogen and oxygen atoms in total. The van der Waals surface area contributed by atoms with Crippen molar-refractivity contribution in [2.45, 2.75) is 161 Å². The first-order valence-electron chi connectivity index (χ1n) is 21.6. The average molecular weight is 900 g/mol. The zero-order chi connectivity index (χ0) is 48.6. The van der Waals surface area contributed by atoms with Crippen molar-refractivity contribution in [1.29, 1.82) is 0 Å². The maximum atomic E-state index is 13.7. The molecule has 0 saturated heterocycles. The summed E-state index contributed by atoms with van der Waals surface area (Å²) in [5.41, 5.74) is 28.0. The number of aliphatic carboxylic acids is 1. The van der Waals surface area contributed by atoms with E-state index >= 15 is 0 Å². The van der Waals surface area contributed by atoms with Crippen molar-refractivity contribution in [1.82, 2.24) is 37.2 Å². The lowest BCUT2D eigenvalue weighted by Crippen LogP contribution is -2.61. The van der Waals surface area contributed by atoms with Gasteiger partial charge in [-0.15, -0.1) is 0 Å². The molecule has 0 spiro atoms. The summed E-state index contributed by atoms with van der Waals surface area (Å²) < 4.78 is 0. The van der Waals surface area contributed by atoms with Gasteiger partial charge in [0.05, 0.1) is 12.1 Å². The van der Waals surface area contributed by atoms with Gasteiger partial charge in [0.1, 0.15) is 36.3 Å². The van der Waals surface area contributed by atoms with Crippen molar-refractivity contribution in [3.63, 3.8) is 0 Å². The smallest absolute Gasteiger partial charge is 0.328 e. The van der Waals surface area contributed by atoms with Gasteiger partial charge < -0.3 is 76.1 Å². The van der Waals surface area contributed by atoms with Gasteiger partial charge >= 0.3 is 5.97 Å². The van der Waals surface area contributed by atoms with Gasteiger partial charge in [-0.25, -0.2) is 4.79 Å². The monoisotopic (exact) mass is 900 g/mol. The number of rotatable bonds is 31. The Labute approximate surface area is 370 Å². The van der Waals surface area contributed by atoms with Crippen LogP contribution in [0.2, 0.25) is 0 Å². The van der Waals surface area contributed by atoms with Crippen LogP contribution >= 0.6 is 0 Å². The number of amides is 7. The van der Waals surface area contributed by atoms with Gasteiger partial charge in [-0.05, 0) is 89.6 Å². The van der Waals surface area contributed by atoms with Gasteiger partial charge in [0.25, 0.3) is 0 Å².